The van der Waals surface area contributed by atoms with E-state index in [2.05, 4.69) is 47.4 Å². The Morgan fingerprint density at radius 2 is 1.96 bits per heavy atom. The number of guanidine groups is 1. The van der Waals surface area contributed by atoms with E-state index in [0.29, 0.717) is 0 Å². The average molecular weight is 459 g/mol. The maximum atomic E-state index is 4.82. The molecule has 1 fully saturated rings. The number of aliphatic imine (C=N–C) groups is 1. The molecule has 0 aliphatic carbocycles. The van der Waals surface area contributed by atoms with Crippen molar-refractivity contribution in [2.75, 3.05) is 32.7 Å². The topological polar surface area (TPSA) is 52.6 Å². The lowest BCUT2D eigenvalue weighted by atomic mass is 9.99. The number of nitrogens with zero attached hydrogens (tertiary/aromatic N) is 3. The summed E-state index contributed by atoms with van der Waals surface area (Å²) >= 11 is 0. The molecule has 6 heteroatoms. The van der Waals surface area contributed by atoms with Crippen LogP contribution in [-0.2, 0) is 6.42 Å². The number of piperidine rings is 1. The summed E-state index contributed by atoms with van der Waals surface area (Å²) in [6.07, 6.45) is 6.75. The Morgan fingerprint density at radius 1 is 1.20 bits per heavy atom. The maximum absolute atomic E-state index is 4.82. The fraction of sp³-hybridized carbons (Fsp3) is 0.684. The van der Waals surface area contributed by atoms with E-state index in [1.54, 1.807) is 0 Å². The summed E-state index contributed by atoms with van der Waals surface area (Å²) in [6.45, 7) is 11.6. The third-order valence-electron chi connectivity index (χ3n) is 4.58. The van der Waals surface area contributed by atoms with Crippen molar-refractivity contribution in [1.82, 2.24) is 20.5 Å². The minimum atomic E-state index is 0. The Balaban J connectivity index is 0.00000312. The first-order valence-corrected chi connectivity index (χ1v) is 9.29. The Kier molecular flexibility index (Phi) is 10.3. The molecule has 142 valence electrons. The monoisotopic (exact) mass is 459 g/mol. The normalized spacial score (nSPS) is 16.2. The first-order valence-electron chi connectivity index (χ1n) is 9.29. The summed E-state index contributed by atoms with van der Waals surface area (Å²) in [5.74, 6) is 0.901. The lowest BCUT2D eigenvalue weighted by Gasteiger charge is -2.40. The maximum Gasteiger partial charge on any atom is 0.191 e. The van der Waals surface area contributed by atoms with Crippen LogP contribution in [0.3, 0.4) is 0 Å². The lowest BCUT2D eigenvalue weighted by molar-refractivity contribution is 0.102. The SMILES string of the molecule is CCNC(=NCC(C)(C)N1CCCCC1)NCCc1ccccn1.I. The van der Waals surface area contributed by atoms with Crippen LogP contribution >= 0.6 is 24.0 Å². The van der Waals surface area contributed by atoms with Crippen molar-refractivity contribution in [3.8, 4) is 0 Å². The van der Waals surface area contributed by atoms with Gasteiger partial charge >= 0.3 is 0 Å². The molecule has 2 N–H and O–H groups in total. The Labute approximate surface area is 170 Å². The first kappa shape index (κ1) is 22.2. The molecule has 0 aromatic carbocycles. The summed E-state index contributed by atoms with van der Waals surface area (Å²) in [5, 5.41) is 6.77. The van der Waals surface area contributed by atoms with Crippen molar-refractivity contribution in [3.63, 3.8) is 0 Å². The van der Waals surface area contributed by atoms with Crippen molar-refractivity contribution >= 4 is 29.9 Å². The molecule has 1 aliphatic heterocycles. The Hall–Kier alpha value is -0.890. The Morgan fingerprint density at radius 3 is 2.60 bits per heavy atom. The second kappa shape index (κ2) is 11.7. The largest absolute Gasteiger partial charge is 0.357 e. The molecule has 1 aromatic rings. The molecule has 0 amide bonds. The zero-order valence-electron chi connectivity index (χ0n) is 15.9. The van der Waals surface area contributed by atoms with Gasteiger partial charge in [0.2, 0.25) is 0 Å². The smallest absolute Gasteiger partial charge is 0.191 e. The number of halogens is 1. The van der Waals surface area contributed by atoms with Crippen LogP contribution in [0, 0.1) is 0 Å². The van der Waals surface area contributed by atoms with Crippen LogP contribution in [0.1, 0.15) is 45.7 Å². The summed E-state index contributed by atoms with van der Waals surface area (Å²) < 4.78 is 0. The minimum Gasteiger partial charge on any atom is -0.357 e. The fourth-order valence-electron chi connectivity index (χ4n) is 3.07. The van der Waals surface area contributed by atoms with E-state index < -0.39 is 0 Å². The van der Waals surface area contributed by atoms with Crippen LogP contribution in [0.25, 0.3) is 0 Å². The molecule has 1 saturated heterocycles. The molecule has 2 rings (SSSR count). The third-order valence-corrected chi connectivity index (χ3v) is 4.58. The van der Waals surface area contributed by atoms with Gasteiger partial charge in [0.15, 0.2) is 5.96 Å². The van der Waals surface area contributed by atoms with Crippen LogP contribution in [-0.4, -0.2) is 54.1 Å². The van der Waals surface area contributed by atoms with E-state index in [0.717, 1.165) is 37.7 Å². The van der Waals surface area contributed by atoms with E-state index >= 15 is 0 Å². The molecule has 1 aromatic heterocycles. The van der Waals surface area contributed by atoms with Gasteiger partial charge in [-0.1, -0.05) is 12.5 Å². The number of hydrogen-bond donors (Lipinski definition) is 2. The van der Waals surface area contributed by atoms with E-state index in [4.69, 9.17) is 4.99 Å². The molecule has 0 atom stereocenters. The quantitative estimate of drug-likeness (QED) is 0.374. The molecule has 0 bridgehead atoms. The molecule has 2 heterocycles. The molecule has 0 spiro atoms. The highest BCUT2D eigenvalue weighted by molar-refractivity contribution is 14.0. The van der Waals surface area contributed by atoms with Crippen LogP contribution in [0.4, 0.5) is 0 Å². The van der Waals surface area contributed by atoms with Gasteiger partial charge < -0.3 is 10.6 Å². The minimum absolute atomic E-state index is 0. The highest BCUT2D eigenvalue weighted by Crippen LogP contribution is 2.20. The van der Waals surface area contributed by atoms with Gasteiger partial charge in [-0.3, -0.25) is 14.9 Å². The molecule has 0 radical (unpaired) electrons. The first-order chi connectivity index (χ1) is 11.6. The fourth-order valence-corrected chi connectivity index (χ4v) is 3.07. The van der Waals surface area contributed by atoms with Crippen molar-refractivity contribution in [3.05, 3.63) is 30.1 Å². The van der Waals surface area contributed by atoms with Gasteiger partial charge in [-0.25, -0.2) is 0 Å². The second-order valence-electron chi connectivity index (χ2n) is 7.05. The molecular weight excluding hydrogens is 425 g/mol. The average Bonchev–Trinajstić information content (AvgIpc) is 2.61. The van der Waals surface area contributed by atoms with Gasteiger partial charge in [-0.2, -0.15) is 0 Å². The number of hydrogen-bond acceptors (Lipinski definition) is 3. The molecule has 1 aliphatic rings. The van der Waals surface area contributed by atoms with E-state index in [9.17, 15) is 0 Å². The van der Waals surface area contributed by atoms with Crippen molar-refractivity contribution in [2.24, 2.45) is 4.99 Å². The Bertz CT molecular complexity index is 498. The summed E-state index contributed by atoms with van der Waals surface area (Å²) in [7, 11) is 0. The van der Waals surface area contributed by atoms with E-state index in [1.165, 1.54) is 32.4 Å². The zero-order chi connectivity index (χ0) is 17.3. The van der Waals surface area contributed by atoms with Crippen LogP contribution in [0.5, 0.6) is 0 Å². The predicted octanol–water partition coefficient (Wildman–Crippen LogP) is 3.06. The molecule has 5 nitrogen and oxygen atoms in total. The third kappa shape index (κ3) is 7.90. The number of pyridine rings is 1. The summed E-state index contributed by atoms with van der Waals surface area (Å²) in [6, 6.07) is 6.04. The van der Waals surface area contributed by atoms with Crippen molar-refractivity contribution < 1.29 is 0 Å². The second-order valence-corrected chi connectivity index (χ2v) is 7.05. The molecular formula is C19H34IN5. The van der Waals surface area contributed by atoms with Crippen LogP contribution in [0.15, 0.2) is 29.4 Å². The van der Waals surface area contributed by atoms with Gasteiger partial charge in [0, 0.05) is 36.9 Å². The summed E-state index contributed by atoms with van der Waals surface area (Å²) in [4.78, 5) is 11.8. The van der Waals surface area contributed by atoms with Crippen LogP contribution < -0.4 is 10.6 Å². The number of likely N-dealkylation sites (tertiary alicyclic amines) is 1. The van der Waals surface area contributed by atoms with E-state index in [-0.39, 0.29) is 29.5 Å². The zero-order valence-corrected chi connectivity index (χ0v) is 18.3. The summed E-state index contributed by atoms with van der Waals surface area (Å²) in [5.41, 5.74) is 1.22. The van der Waals surface area contributed by atoms with Crippen molar-refractivity contribution in [1.29, 1.82) is 0 Å². The molecule has 0 saturated carbocycles. The van der Waals surface area contributed by atoms with Gasteiger partial charge in [-0.15, -0.1) is 24.0 Å². The molecule has 25 heavy (non-hydrogen) atoms. The lowest BCUT2D eigenvalue weighted by Crippen LogP contribution is -2.49. The van der Waals surface area contributed by atoms with Crippen LogP contribution in [0.2, 0.25) is 0 Å². The van der Waals surface area contributed by atoms with E-state index in [1.807, 2.05) is 18.3 Å². The van der Waals surface area contributed by atoms with Gasteiger partial charge in [0.25, 0.3) is 0 Å². The number of rotatable bonds is 7. The molecule has 0 unspecified atom stereocenters. The van der Waals surface area contributed by atoms with Gasteiger partial charge in [0.05, 0.1) is 6.54 Å². The highest BCUT2D eigenvalue weighted by Gasteiger charge is 2.27. The standard InChI is InChI=1S/C19H33N5.HI/c1-4-20-18(22-13-11-17-10-6-7-12-21-17)23-16-19(2,3)24-14-8-5-9-15-24;/h6-7,10,12H,4-5,8-9,11,13-16H2,1-3H3,(H2,20,22,23);1H. The predicted molar refractivity (Wildman–Crippen MR) is 117 cm³/mol. The van der Waals surface area contributed by atoms with Gasteiger partial charge in [-0.05, 0) is 58.8 Å². The number of nitrogens with one attached hydrogen (secondary N) is 2. The number of aromatic nitrogens is 1. The highest BCUT2D eigenvalue weighted by atomic mass is 127. The van der Waals surface area contributed by atoms with Gasteiger partial charge in [0.1, 0.15) is 0 Å². The van der Waals surface area contributed by atoms with Crippen molar-refractivity contribution in [2.45, 2.75) is 52.0 Å².